The molecule has 3 aromatic rings. The van der Waals surface area contributed by atoms with E-state index in [2.05, 4.69) is 4.98 Å². The van der Waals surface area contributed by atoms with Crippen LogP contribution in [0.4, 0.5) is 0 Å². The Balaban J connectivity index is 1.58. The van der Waals surface area contributed by atoms with Gasteiger partial charge < -0.3 is 9.15 Å². The van der Waals surface area contributed by atoms with Gasteiger partial charge in [0.15, 0.2) is 0 Å². The van der Waals surface area contributed by atoms with Gasteiger partial charge in [0.1, 0.15) is 18.7 Å². The van der Waals surface area contributed by atoms with Crippen LogP contribution in [0.3, 0.4) is 0 Å². The van der Waals surface area contributed by atoms with Gasteiger partial charge in [0.05, 0.1) is 23.9 Å². The predicted molar refractivity (Wildman–Crippen MR) is 95.0 cm³/mol. The molecule has 27 heavy (non-hydrogen) atoms. The fourth-order valence-corrected chi connectivity index (χ4v) is 3.19. The smallest absolute Gasteiger partial charge is 0.313 e. The lowest BCUT2D eigenvalue weighted by atomic mass is 10.0. The molecule has 4 rings (SSSR count). The molecular formula is C20H16N2O5. The van der Waals surface area contributed by atoms with Gasteiger partial charge in [-0.25, -0.2) is 4.98 Å². The van der Waals surface area contributed by atoms with Gasteiger partial charge in [-0.2, -0.15) is 0 Å². The predicted octanol–water partition coefficient (Wildman–Crippen LogP) is 2.73. The van der Waals surface area contributed by atoms with Gasteiger partial charge in [-0.1, -0.05) is 30.3 Å². The van der Waals surface area contributed by atoms with Crippen molar-refractivity contribution in [2.24, 2.45) is 0 Å². The number of nitrogens with zero attached hydrogens (tertiary/aromatic N) is 2. The second-order valence-electron chi connectivity index (χ2n) is 6.11. The summed E-state index contributed by atoms with van der Waals surface area (Å²) >= 11 is 0. The van der Waals surface area contributed by atoms with E-state index in [9.17, 15) is 14.4 Å². The number of benzene rings is 2. The SMILES string of the molecule is CCOC(=O)Cc1cnc(CN2C(=O)c3ccc4ccccc4c3C2=O)o1. The van der Waals surface area contributed by atoms with Gasteiger partial charge in [0.2, 0.25) is 5.89 Å². The molecule has 0 saturated heterocycles. The van der Waals surface area contributed by atoms with E-state index in [1.165, 1.54) is 6.20 Å². The van der Waals surface area contributed by atoms with E-state index in [0.29, 0.717) is 16.9 Å². The fraction of sp³-hybridized carbons (Fsp3) is 0.200. The number of carbonyl (C=O) groups is 3. The molecule has 0 bridgehead atoms. The maximum atomic E-state index is 12.9. The molecule has 2 amide bonds. The quantitative estimate of drug-likeness (QED) is 0.511. The van der Waals surface area contributed by atoms with Crippen molar-refractivity contribution >= 4 is 28.6 Å². The van der Waals surface area contributed by atoms with Crippen molar-refractivity contribution in [3.63, 3.8) is 0 Å². The summed E-state index contributed by atoms with van der Waals surface area (Å²) in [5.41, 5.74) is 0.772. The standard InChI is InChI=1S/C20H16N2O5/c1-2-26-17(23)9-13-10-21-16(27-13)11-22-19(24)15-8-7-12-5-3-4-6-14(12)18(15)20(22)25/h3-8,10H,2,9,11H2,1H3. The normalized spacial score (nSPS) is 13.3. The van der Waals surface area contributed by atoms with Crippen LogP contribution in [0.25, 0.3) is 10.8 Å². The molecule has 0 aliphatic carbocycles. The topological polar surface area (TPSA) is 89.7 Å². The number of rotatable bonds is 5. The second-order valence-corrected chi connectivity index (χ2v) is 6.11. The number of fused-ring (bicyclic) bond motifs is 3. The Kier molecular flexibility index (Phi) is 4.19. The number of hydrogen-bond donors (Lipinski definition) is 0. The zero-order valence-electron chi connectivity index (χ0n) is 14.6. The van der Waals surface area contributed by atoms with Crippen molar-refractivity contribution in [2.45, 2.75) is 19.9 Å². The van der Waals surface area contributed by atoms with Crippen molar-refractivity contribution < 1.29 is 23.5 Å². The van der Waals surface area contributed by atoms with E-state index in [1.807, 2.05) is 30.3 Å². The maximum absolute atomic E-state index is 12.9. The number of imide groups is 1. The van der Waals surface area contributed by atoms with Crippen molar-refractivity contribution in [3.05, 3.63) is 65.4 Å². The van der Waals surface area contributed by atoms with E-state index in [4.69, 9.17) is 9.15 Å². The number of amides is 2. The van der Waals surface area contributed by atoms with Gasteiger partial charge in [-0.15, -0.1) is 0 Å². The molecule has 0 radical (unpaired) electrons. The molecular weight excluding hydrogens is 348 g/mol. The van der Waals surface area contributed by atoms with Crippen LogP contribution in [0.5, 0.6) is 0 Å². The van der Waals surface area contributed by atoms with E-state index in [-0.39, 0.29) is 37.3 Å². The molecule has 7 heteroatoms. The molecule has 1 aromatic heterocycles. The largest absolute Gasteiger partial charge is 0.466 e. The van der Waals surface area contributed by atoms with Crippen LogP contribution in [0.2, 0.25) is 0 Å². The van der Waals surface area contributed by atoms with Crippen LogP contribution >= 0.6 is 0 Å². The molecule has 0 N–H and O–H groups in total. The second kappa shape index (κ2) is 6.68. The summed E-state index contributed by atoms with van der Waals surface area (Å²) in [6, 6.07) is 10.9. The number of ether oxygens (including phenoxy) is 1. The van der Waals surface area contributed by atoms with E-state index < -0.39 is 5.97 Å². The average Bonchev–Trinajstić information content (AvgIpc) is 3.20. The van der Waals surface area contributed by atoms with Crippen molar-refractivity contribution in [1.29, 1.82) is 0 Å². The Hall–Kier alpha value is -3.48. The lowest BCUT2D eigenvalue weighted by Gasteiger charge is -2.10. The van der Waals surface area contributed by atoms with Crippen molar-refractivity contribution in [2.75, 3.05) is 6.61 Å². The third kappa shape index (κ3) is 2.97. The summed E-state index contributed by atoms with van der Waals surface area (Å²) in [6.45, 7) is 1.90. The zero-order valence-corrected chi connectivity index (χ0v) is 14.6. The Morgan fingerprint density at radius 2 is 1.96 bits per heavy atom. The third-order valence-corrected chi connectivity index (χ3v) is 4.38. The van der Waals surface area contributed by atoms with Crippen molar-refractivity contribution in [3.8, 4) is 0 Å². The van der Waals surface area contributed by atoms with Gasteiger partial charge >= 0.3 is 5.97 Å². The van der Waals surface area contributed by atoms with Crippen LogP contribution < -0.4 is 0 Å². The highest BCUT2D eigenvalue weighted by atomic mass is 16.5. The van der Waals surface area contributed by atoms with Gasteiger partial charge in [-0.05, 0) is 23.8 Å². The summed E-state index contributed by atoms with van der Waals surface area (Å²) in [7, 11) is 0. The highest BCUT2D eigenvalue weighted by Crippen LogP contribution is 2.31. The zero-order chi connectivity index (χ0) is 19.0. The van der Waals surface area contributed by atoms with Crippen LogP contribution in [0, 0.1) is 0 Å². The average molecular weight is 364 g/mol. The van der Waals surface area contributed by atoms with Crippen LogP contribution in [0.15, 0.2) is 47.0 Å². The third-order valence-electron chi connectivity index (χ3n) is 4.38. The molecule has 7 nitrogen and oxygen atoms in total. The molecule has 0 fully saturated rings. The summed E-state index contributed by atoms with van der Waals surface area (Å²) in [6.07, 6.45) is 1.35. The first-order valence-corrected chi connectivity index (χ1v) is 8.55. The Morgan fingerprint density at radius 3 is 2.78 bits per heavy atom. The number of oxazole rings is 1. The number of esters is 1. The van der Waals surface area contributed by atoms with Gasteiger partial charge in [0.25, 0.3) is 11.8 Å². The summed E-state index contributed by atoms with van der Waals surface area (Å²) in [5, 5.41) is 1.64. The van der Waals surface area contributed by atoms with E-state index in [0.717, 1.165) is 15.7 Å². The molecule has 2 heterocycles. The molecule has 136 valence electrons. The Labute approximate surface area is 154 Å². The lowest BCUT2D eigenvalue weighted by Crippen LogP contribution is -2.29. The molecule has 2 aromatic carbocycles. The lowest BCUT2D eigenvalue weighted by molar-refractivity contribution is -0.142. The minimum Gasteiger partial charge on any atom is -0.466 e. The molecule has 0 spiro atoms. The summed E-state index contributed by atoms with van der Waals surface area (Å²) in [4.78, 5) is 42.2. The monoisotopic (exact) mass is 364 g/mol. The highest BCUT2D eigenvalue weighted by Gasteiger charge is 2.37. The van der Waals surface area contributed by atoms with Gasteiger partial charge in [-0.3, -0.25) is 19.3 Å². The molecule has 1 aliphatic rings. The highest BCUT2D eigenvalue weighted by molar-refractivity contribution is 6.26. The summed E-state index contributed by atoms with van der Waals surface area (Å²) < 4.78 is 10.3. The van der Waals surface area contributed by atoms with Gasteiger partial charge in [0, 0.05) is 0 Å². The Morgan fingerprint density at radius 1 is 1.15 bits per heavy atom. The Bertz CT molecular complexity index is 1070. The molecule has 0 unspecified atom stereocenters. The van der Waals surface area contributed by atoms with Crippen LogP contribution in [-0.4, -0.2) is 34.3 Å². The maximum Gasteiger partial charge on any atom is 0.313 e. The molecule has 0 saturated carbocycles. The number of carbonyl (C=O) groups excluding carboxylic acids is 3. The number of hydrogen-bond acceptors (Lipinski definition) is 6. The van der Waals surface area contributed by atoms with E-state index >= 15 is 0 Å². The van der Waals surface area contributed by atoms with Crippen LogP contribution in [0.1, 0.15) is 39.3 Å². The first kappa shape index (κ1) is 17.0. The first-order valence-electron chi connectivity index (χ1n) is 8.55. The minimum atomic E-state index is -0.424. The fourth-order valence-electron chi connectivity index (χ4n) is 3.19. The minimum absolute atomic E-state index is 0.0480. The molecule has 1 aliphatic heterocycles. The molecule has 0 atom stereocenters. The van der Waals surface area contributed by atoms with Crippen LogP contribution in [-0.2, 0) is 22.5 Å². The van der Waals surface area contributed by atoms with Crippen molar-refractivity contribution in [1.82, 2.24) is 9.88 Å². The number of aromatic nitrogens is 1. The first-order chi connectivity index (χ1) is 13.1. The summed E-state index contributed by atoms with van der Waals surface area (Å²) in [5.74, 6) is -0.672. The van der Waals surface area contributed by atoms with E-state index in [1.54, 1.807) is 13.0 Å².